The van der Waals surface area contributed by atoms with E-state index in [1.807, 2.05) is 54.6 Å². The molecule has 1 aromatic heterocycles. The number of hydrogen-bond donors (Lipinski definition) is 0. The molecule has 0 aliphatic carbocycles. The summed E-state index contributed by atoms with van der Waals surface area (Å²) in [7, 11) is 0. The van der Waals surface area contributed by atoms with Crippen molar-refractivity contribution >= 4 is 54.3 Å². The first kappa shape index (κ1) is 13.0. The number of hydrogen-bond acceptors (Lipinski definition) is 2. The minimum atomic E-state index is 0.0886. The Morgan fingerprint density at radius 1 is 0.480 bits per heavy atom. The van der Waals surface area contributed by atoms with Gasteiger partial charge >= 0.3 is 0 Å². The van der Waals surface area contributed by atoms with Gasteiger partial charge in [0.15, 0.2) is 5.43 Å². The summed E-state index contributed by atoms with van der Waals surface area (Å²) in [5, 5.41) is 7.89. The van der Waals surface area contributed by atoms with Gasteiger partial charge in [0.2, 0.25) is 0 Å². The molecule has 0 saturated carbocycles. The highest BCUT2D eigenvalue weighted by molar-refractivity contribution is 6.30. The lowest BCUT2D eigenvalue weighted by atomic mass is 9.91. The zero-order valence-electron chi connectivity index (χ0n) is 13.2. The summed E-state index contributed by atoms with van der Waals surface area (Å²) < 4.78 is 6.14. The highest BCUT2D eigenvalue weighted by Crippen LogP contribution is 2.39. The third-order valence-corrected chi connectivity index (χ3v) is 5.23. The Morgan fingerprint density at radius 3 is 2.00 bits per heavy atom. The summed E-state index contributed by atoms with van der Waals surface area (Å²) in [4.78, 5) is 13.0. The molecule has 0 amide bonds. The van der Waals surface area contributed by atoms with Gasteiger partial charge in [0.1, 0.15) is 11.2 Å². The average Bonchev–Trinajstić information content (AvgIpc) is 2.67. The van der Waals surface area contributed by atoms with Gasteiger partial charge < -0.3 is 4.42 Å². The minimum absolute atomic E-state index is 0.0886. The number of rotatable bonds is 0. The molecule has 116 valence electrons. The van der Waals surface area contributed by atoms with Crippen molar-refractivity contribution < 1.29 is 4.42 Å². The van der Waals surface area contributed by atoms with Crippen LogP contribution in [0.25, 0.3) is 54.3 Å². The maximum absolute atomic E-state index is 13.0. The van der Waals surface area contributed by atoms with Crippen molar-refractivity contribution in [3.05, 3.63) is 83.0 Å². The second-order valence-electron chi connectivity index (χ2n) is 6.49. The SMILES string of the molecule is O=c1c2ccccc2c2ccc3oc4ccccc4c4ccc1c2c34. The van der Waals surface area contributed by atoms with Crippen LogP contribution in [-0.2, 0) is 0 Å². The molecule has 25 heavy (non-hydrogen) atoms. The molecular weight excluding hydrogens is 308 g/mol. The molecule has 0 unspecified atom stereocenters. The van der Waals surface area contributed by atoms with Crippen molar-refractivity contribution in [3.63, 3.8) is 0 Å². The maximum Gasteiger partial charge on any atom is 0.194 e. The molecule has 0 bridgehead atoms. The normalized spacial score (nSPS) is 12.2. The van der Waals surface area contributed by atoms with Gasteiger partial charge in [-0.3, -0.25) is 4.79 Å². The lowest BCUT2D eigenvalue weighted by Crippen LogP contribution is -2.03. The van der Waals surface area contributed by atoms with E-state index in [1.165, 1.54) is 0 Å². The second-order valence-corrected chi connectivity index (χ2v) is 6.49. The van der Waals surface area contributed by atoms with E-state index >= 15 is 0 Å². The molecule has 2 heteroatoms. The Morgan fingerprint density at radius 2 is 1.12 bits per heavy atom. The van der Waals surface area contributed by atoms with E-state index < -0.39 is 0 Å². The van der Waals surface area contributed by atoms with Gasteiger partial charge in [-0.2, -0.15) is 0 Å². The predicted molar refractivity (Wildman–Crippen MR) is 104 cm³/mol. The molecule has 5 aromatic carbocycles. The summed E-state index contributed by atoms with van der Waals surface area (Å²) in [6, 6.07) is 24.0. The average molecular weight is 320 g/mol. The van der Waals surface area contributed by atoms with Gasteiger partial charge in [0.25, 0.3) is 0 Å². The Balaban J connectivity index is 2.04. The van der Waals surface area contributed by atoms with E-state index in [1.54, 1.807) is 0 Å². The summed E-state index contributed by atoms with van der Waals surface area (Å²) in [6.45, 7) is 0. The molecule has 0 radical (unpaired) electrons. The van der Waals surface area contributed by atoms with E-state index in [0.717, 1.165) is 54.3 Å². The number of benzene rings is 5. The van der Waals surface area contributed by atoms with Crippen molar-refractivity contribution in [1.82, 2.24) is 0 Å². The summed E-state index contributed by atoms with van der Waals surface area (Å²) in [6.07, 6.45) is 0. The molecule has 2 nitrogen and oxygen atoms in total. The molecule has 0 N–H and O–H groups in total. The molecule has 0 spiro atoms. The lowest BCUT2D eigenvalue weighted by Gasteiger charge is -2.13. The molecule has 0 aliphatic heterocycles. The Labute approximate surface area is 142 Å². The third kappa shape index (κ3) is 1.52. The van der Waals surface area contributed by atoms with Crippen molar-refractivity contribution in [1.29, 1.82) is 0 Å². The van der Waals surface area contributed by atoms with Gasteiger partial charge in [-0.25, -0.2) is 0 Å². The first-order valence-corrected chi connectivity index (χ1v) is 8.34. The molecule has 0 aliphatic rings. The molecule has 0 atom stereocenters. The van der Waals surface area contributed by atoms with Crippen molar-refractivity contribution in [3.8, 4) is 0 Å². The van der Waals surface area contributed by atoms with Crippen LogP contribution in [0.3, 0.4) is 0 Å². The van der Waals surface area contributed by atoms with E-state index in [-0.39, 0.29) is 5.43 Å². The van der Waals surface area contributed by atoms with Crippen LogP contribution < -0.4 is 5.43 Å². The van der Waals surface area contributed by atoms with Crippen LogP contribution in [0.1, 0.15) is 0 Å². The van der Waals surface area contributed by atoms with Crippen LogP contribution in [0.15, 0.2) is 82.0 Å². The van der Waals surface area contributed by atoms with Gasteiger partial charge in [-0.15, -0.1) is 0 Å². The molecule has 0 fully saturated rings. The van der Waals surface area contributed by atoms with Crippen LogP contribution >= 0.6 is 0 Å². The predicted octanol–water partition coefficient (Wildman–Crippen LogP) is 5.84. The zero-order valence-corrected chi connectivity index (χ0v) is 13.2. The summed E-state index contributed by atoms with van der Waals surface area (Å²) in [5.74, 6) is 0. The number of para-hydroxylation sites is 1. The van der Waals surface area contributed by atoms with Gasteiger partial charge in [-0.1, -0.05) is 48.5 Å². The topological polar surface area (TPSA) is 30.2 Å². The Hall–Kier alpha value is -3.39. The highest BCUT2D eigenvalue weighted by atomic mass is 16.3. The van der Waals surface area contributed by atoms with Crippen molar-refractivity contribution in [2.45, 2.75) is 0 Å². The van der Waals surface area contributed by atoms with E-state index in [2.05, 4.69) is 18.2 Å². The highest BCUT2D eigenvalue weighted by Gasteiger charge is 2.16. The minimum Gasteiger partial charge on any atom is -0.456 e. The molecule has 0 saturated heterocycles. The van der Waals surface area contributed by atoms with Crippen LogP contribution in [-0.4, -0.2) is 0 Å². The van der Waals surface area contributed by atoms with E-state index in [9.17, 15) is 4.79 Å². The van der Waals surface area contributed by atoms with Crippen molar-refractivity contribution in [2.24, 2.45) is 0 Å². The quantitative estimate of drug-likeness (QED) is 0.260. The molecule has 6 rings (SSSR count). The fraction of sp³-hybridized carbons (Fsp3) is 0. The van der Waals surface area contributed by atoms with Crippen molar-refractivity contribution in [2.75, 3.05) is 0 Å². The monoisotopic (exact) mass is 320 g/mol. The van der Waals surface area contributed by atoms with E-state index in [0.29, 0.717) is 0 Å². The second kappa shape index (κ2) is 4.37. The lowest BCUT2D eigenvalue weighted by molar-refractivity contribution is 0.662. The summed E-state index contributed by atoms with van der Waals surface area (Å²) >= 11 is 0. The Bertz CT molecular complexity index is 1510. The zero-order chi connectivity index (χ0) is 16.5. The fourth-order valence-electron chi connectivity index (χ4n) is 4.14. The number of fused-ring (bicyclic) bond motifs is 4. The molecule has 1 heterocycles. The Kier molecular flexibility index (Phi) is 2.26. The standard InChI is InChI=1S/C23H12O2/c24-23-17-7-2-1-5-13(17)15-11-12-20-22-16(9-10-18(23)21(15)22)14-6-3-4-8-19(14)25-20/h1-12H. The maximum atomic E-state index is 13.0. The first-order chi connectivity index (χ1) is 12.3. The van der Waals surface area contributed by atoms with Crippen LogP contribution in [0.4, 0.5) is 0 Å². The fourth-order valence-corrected chi connectivity index (χ4v) is 4.14. The molecule has 6 aromatic rings. The summed E-state index contributed by atoms with van der Waals surface area (Å²) in [5.41, 5.74) is 1.77. The van der Waals surface area contributed by atoms with Crippen LogP contribution in [0.2, 0.25) is 0 Å². The van der Waals surface area contributed by atoms with Gasteiger partial charge in [0.05, 0.1) is 0 Å². The first-order valence-electron chi connectivity index (χ1n) is 8.34. The van der Waals surface area contributed by atoms with E-state index in [4.69, 9.17) is 4.42 Å². The van der Waals surface area contributed by atoms with Crippen LogP contribution in [0, 0.1) is 0 Å². The molecular formula is C23H12O2. The smallest absolute Gasteiger partial charge is 0.194 e. The third-order valence-electron chi connectivity index (χ3n) is 5.23. The largest absolute Gasteiger partial charge is 0.456 e. The van der Waals surface area contributed by atoms with Gasteiger partial charge in [-0.05, 0) is 40.4 Å². The van der Waals surface area contributed by atoms with Gasteiger partial charge in [0, 0.05) is 26.9 Å². The van der Waals surface area contributed by atoms with Crippen LogP contribution in [0.5, 0.6) is 0 Å².